The minimum atomic E-state index is -4.40. The van der Waals surface area contributed by atoms with Crippen LogP contribution in [0.25, 0.3) is 5.57 Å². The highest BCUT2D eigenvalue weighted by atomic mass is 19.4. The van der Waals surface area contributed by atoms with Crippen molar-refractivity contribution in [2.24, 2.45) is 4.99 Å². The molecule has 1 aromatic rings. The Balaban J connectivity index is 2.15. The van der Waals surface area contributed by atoms with E-state index in [9.17, 15) is 22.8 Å². The van der Waals surface area contributed by atoms with E-state index in [-0.39, 0.29) is 0 Å². The van der Waals surface area contributed by atoms with E-state index in [1.807, 2.05) is 6.08 Å². The van der Waals surface area contributed by atoms with Crippen molar-refractivity contribution in [1.29, 1.82) is 0 Å². The molecule has 1 N–H and O–H groups in total. The van der Waals surface area contributed by atoms with E-state index >= 15 is 0 Å². The second kappa shape index (κ2) is 7.96. The minimum Gasteiger partial charge on any atom is -0.444 e. The van der Waals surface area contributed by atoms with Gasteiger partial charge in [-0.25, -0.2) is 14.6 Å². The first-order valence-electron chi connectivity index (χ1n) is 8.43. The first-order chi connectivity index (χ1) is 12.5. The van der Waals surface area contributed by atoms with Crippen LogP contribution in [-0.4, -0.2) is 29.9 Å². The van der Waals surface area contributed by atoms with Gasteiger partial charge in [0.2, 0.25) is 6.08 Å². The SMILES string of the molecule is CC(C)(C)OC(=O)N[C@H]1CC=C(c2ccc(C(F)(F)F)cc2)C[C@@H]1N=C=O. The molecule has 0 saturated heterocycles. The number of nitrogens with zero attached hydrogens (tertiary/aromatic N) is 1. The maximum atomic E-state index is 12.7. The molecule has 0 unspecified atom stereocenters. The zero-order chi connectivity index (χ0) is 20.2. The number of isocyanates is 1. The van der Waals surface area contributed by atoms with Gasteiger partial charge in [-0.05, 0) is 56.9 Å². The molecule has 0 radical (unpaired) electrons. The number of nitrogens with one attached hydrogen (secondary N) is 1. The van der Waals surface area contributed by atoms with Crippen LogP contribution in [0.1, 0.15) is 44.7 Å². The van der Waals surface area contributed by atoms with E-state index in [2.05, 4.69) is 10.3 Å². The van der Waals surface area contributed by atoms with Gasteiger partial charge in [-0.2, -0.15) is 13.2 Å². The molecule has 0 aliphatic heterocycles. The van der Waals surface area contributed by atoms with Crippen molar-refractivity contribution in [3.05, 3.63) is 41.5 Å². The van der Waals surface area contributed by atoms with Crippen molar-refractivity contribution in [2.75, 3.05) is 0 Å². The Kier molecular flexibility index (Phi) is 6.11. The molecule has 2 atom stereocenters. The standard InChI is InChI=1S/C19H21F3N2O3/c1-18(2,3)27-17(26)24-15-9-6-13(10-16(15)23-11-25)12-4-7-14(8-5-12)19(20,21)22/h4-8,15-16H,9-10H2,1-3H3,(H,24,26)/t15-,16-/m0/s1. The molecule has 0 fully saturated rings. The molecular formula is C19H21F3N2O3. The normalized spacial score (nSPS) is 20.3. The summed E-state index contributed by atoms with van der Waals surface area (Å²) in [4.78, 5) is 26.5. The lowest BCUT2D eigenvalue weighted by atomic mass is 9.87. The van der Waals surface area contributed by atoms with E-state index in [0.29, 0.717) is 18.4 Å². The van der Waals surface area contributed by atoms with Crippen molar-refractivity contribution in [2.45, 2.75) is 57.5 Å². The zero-order valence-electron chi connectivity index (χ0n) is 15.3. The summed E-state index contributed by atoms with van der Waals surface area (Å²) in [6, 6.07) is 3.77. The largest absolute Gasteiger partial charge is 0.444 e. The van der Waals surface area contributed by atoms with Gasteiger partial charge in [-0.15, -0.1) is 0 Å². The molecule has 0 bridgehead atoms. The van der Waals surface area contributed by atoms with E-state index in [0.717, 1.165) is 17.7 Å². The highest BCUT2D eigenvalue weighted by Crippen LogP contribution is 2.33. The molecule has 1 aliphatic rings. The van der Waals surface area contributed by atoms with Gasteiger partial charge in [0.05, 0.1) is 17.6 Å². The third-order valence-corrected chi connectivity index (χ3v) is 4.02. The van der Waals surface area contributed by atoms with Crippen molar-refractivity contribution < 1.29 is 27.5 Å². The Labute approximate surface area is 155 Å². The number of amides is 1. The molecular weight excluding hydrogens is 361 g/mol. The van der Waals surface area contributed by atoms with Crippen molar-refractivity contribution >= 4 is 17.7 Å². The highest BCUT2D eigenvalue weighted by molar-refractivity contribution is 5.71. The lowest BCUT2D eigenvalue weighted by Crippen LogP contribution is -2.45. The number of carbonyl (C=O) groups is 1. The van der Waals surface area contributed by atoms with E-state index < -0.39 is 35.5 Å². The molecule has 5 nitrogen and oxygen atoms in total. The summed E-state index contributed by atoms with van der Waals surface area (Å²) in [6.45, 7) is 5.20. The fourth-order valence-corrected chi connectivity index (χ4v) is 2.80. The minimum absolute atomic E-state index is 0.293. The summed E-state index contributed by atoms with van der Waals surface area (Å²) >= 11 is 0. The Bertz CT molecular complexity index is 758. The summed E-state index contributed by atoms with van der Waals surface area (Å²) in [7, 11) is 0. The fraction of sp³-hybridized carbons (Fsp3) is 0.474. The van der Waals surface area contributed by atoms with Crippen LogP contribution in [0, 0.1) is 0 Å². The molecule has 1 aromatic carbocycles. The number of rotatable bonds is 3. The van der Waals surface area contributed by atoms with Crippen molar-refractivity contribution in [1.82, 2.24) is 5.32 Å². The molecule has 146 valence electrons. The predicted octanol–water partition coefficient (Wildman–Crippen LogP) is 4.48. The third kappa shape index (κ3) is 5.96. The first-order valence-corrected chi connectivity index (χ1v) is 8.43. The number of alkyl halides is 3. The number of hydrogen-bond acceptors (Lipinski definition) is 4. The van der Waals surface area contributed by atoms with Crippen LogP contribution in [-0.2, 0) is 15.7 Å². The van der Waals surface area contributed by atoms with Crippen LogP contribution in [0.2, 0.25) is 0 Å². The Morgan fingerprint density at radius 3 is 2.37 bits per heavy atom. The Morgan fingerprint density at radius 1 is 1.22 bits per heavy atom. The maximum absolute atomic E-state index is 12.7. The number of aliphatic imine (C=N–C) groups is 1. The van der Waals surface area contributed by atoms with Crippen LogP contribution < -0.4 is 5.32 Å². The molecule has 0 saturated carbocycles. The topological polar surface area (TPSA) is 67.8 Å². The van der Waals surface area contributed by atoms with Crippen LogP contribution in [0.3, 0.4) is 0 Å². The van der Waals surface area contributed by atoms with Gasteiger partial charge in [-0.3, -0.25) is 0 Å². The van der Waals surface area contributed by atoms with E-state index in [4.69, 9.17) is 4.74 Å². The predicted molar refractivity (Wildman–Crippen MR) is 93.7 cm³/mol. The Hall–Kier alpha value is -2.60. The lowest BCUT2D eigenvalue weighted by Gasteiger charge is -2.30. The number of hydrogen-bond donors (Lipinski definition) is 1. The van der Waals surface area contributed by atoms with Crippen molar-refractivity contribution in [3.8, 4) is 0 Å². The average molecular weight is 382 g/mol. The second-order valence-corrected chi connectivity index (χ2v) is 7.28. The summed E-state index contributed by atoms with van der Waals surface area (Å²) in [5, 5.41) is 2.68. The van der Waals surface area contributed by atoms with Gasteiger partial charge in [-0.1, -0.05) is 18.2 Å². The summed E-state index contributed by atoms with van der Waals surface area (Å²) < 4.78 is 43.3. The van der Waals surface area contributed by atoms with Gasteiger partial charge in [0.15, 0.2) is 0 Å². The fourth-order valence-electron chi connectivity index (χ4n) is 2.80. The lowest BCUT2D eigenvalue weighted by molar-refractivity contribution is -0.137. The number of benzene rings is 1. The van der Waals surface area contributed by atoms with Gasteiger partial charge in [0.1, 0.15) is 5.60 Å². The Morgan fingerprint density at radius 2 is 1.85 bits per heavy atom. The summed E-state index contributed by atoms with van der Waals surface area (Å²) in [5.74, 6) is 0. The number of alkyl carbamates (subject to hydrolysis) is 1. The zero-order valence-corrected chi connectivity index (χ0v) is 15.3. The first kappa shape index (κ1) is 20.7. The summed E-state index contributed by atoms with van der Waals surface area (Å²) in [6.07, 6.45) is -1.04. The van der Waals surface area contributed by atoms with Crippen LogP contribution >= 0.6 is 0 Å². The molecule has 2 rings (SSSR count). The quantitative estimate of drug-likeness (QED) is 0.619. The molecule has 1 aliphatic carbocycles. The maximum Gasteiger partial charge on any atom is 0.416 e. The molecule has 0 aromatic heterocycles. The molecule has 8 heteroatoms. The molecule has 1 amide bonds. The third-order valence-electron chi connectivity index (χ3n) is 4.02. The van der Waals surface area contributed by atoms with Crippen LogP contribution in [0.4, 0.5) is 18.0 Å². The molecule has 0 heterocycles. The second-order valence-electron chi connectivity index (χ2n) is 7.28. The van der Waals surface area contributed by atoms with Crippen LogP contribution in [0.15, 0.2) is 35.3 Å². The van der Waals surface area contributed by atoms with Gasteiger partial charge in [0, 0.05) is 0 Å². The van der Waals surface area contributed by atoms with Gasteiger partial charge < -0.3 is 10.1 Å². The average Bonchev–Trinajstić information content (AvgIpc) is 2.54. The smallest absolute Gasteiger partial charge is 0.416 e. The van der Waals surface area contributed by atoms with Crippen molar-refractivity contribution in [3.63, 3.8) is 0 Å². The van der Waals surface area contributed by atoms with Gasteiger partial charge >= 0.3 is 12.3 Å². The summed E-state index contributed by atoms with van der Waals surface area (Å²) in [5.41, 5.74) is -0.0157. The number of ether oxygens (including phenoxy) is 1. The number of halogens is 3. The molecule has 27 heavy (non-hydrogen) atoms. The van der Waals surface area contributed by atoms with Crippen LogP contribution in [0.5, 0.6) is 0 Å². The number of carbonyl (C=O) groups excluding carboxylic acids is 2. The van der Waals surface area contributed by atoms with E-state index in [1.165, 1.54) is 18.2 Å². The molecule has 0 spiro atoms. The van der Waals surface area contributed by atoms with E-state index in [1.54, 1.807) is 20.8 Å². The highest BCUT2D eigenvalue weighted by Gasteiger charge is 2.31. The monoisotopic (exact) mass is 382 g/mol. The van der Waals surface area contributed by atoms with Gasteiger partial charge in [0.25, 0.3) is 0 Å².